The summed E-state index contributed by atoms with van der Waals surface area (Å²) in [5, 5.41) is 8.84. The first-order valence-electron chi connectivity index (χ1n) is 11.2. The molecule has 1 N–H and O–H groups in total. The van der Waals surface area contributed by atoms with Crippen molar-refractivity contribution in [3.8, 4) is 0 Å². The Morgan fingerprint density at radius 1 is 1.16 bits per heavy atom. The molecule has 2 aromatic heterocycles. The van der Waals surface area contributed by atoms with Gasteiger partial charge in [0.15, 0.2) is 10.3 Å². The summed E-state index contributed by atoms with van der Waals surface area (Å²) in [4.78, 5) is 28.1. The van der Waals surface area contributed by atoms with Crippen molar-refractivity contribution >= 4 is 21.7 Å². The van der Waals surface area contributed by atoms with Gasteiger partial charge in [-0.25, -0.2) is 9.97 Å². The minimum absolute atomic E-state index is 0.0618. The van der Waals surface area contributed by atoms with E-state index in [1.807, 2.05) is 34.9 Å². The van der Waals surface area contributed by atoms with Crippen LogP contribution >= 0.6 is 11.3 Å². The molecule has 1 aliphatic heterocycles. The predicted molar refractivity (Wildman–Crippen MR) is 126 cm³/mol. The zero-order chi connectivity index (χ0) is 22.3. The quantitative estimate of drug-likeness (QED) is 0.466. The summed E-state index contributed by atoms with van der Waals surface area (Å²) in [5.41, 5.74) is 3.18. The standard InChI is InChI=1S/C23H31N5O3S/c1-2-19(27-10-8-26(9-11-27)12-14-31-15-13-29)21-25-22-20(24-17-32-22)23(30)28(21)16-18-6-4-3-5-7-18/h3-7,17,19,29H,2,8-16H2,1H3. The lowest BCUT2D eigenvalue weighted by Gasteiger charge is -2.39. The zero-order valence-electron chi connectivity index (χ0n) is 18.5. The van der Waals surface area contributed by atoms with Gasteiger partial charge < -0.3 is 9.84 Å². The highest BCUT2D eigenvalue weighted by Crippen LogP contribution is 2.26. The molecule has 1 aliphatic rings. The van der Waals surface area contributed by atoms with Crippen LogP contribution in [0, 0.1) is 0 Å². The van der Waals surface area contributed by atoms with Gasteiger partial charge in [0.2, 0.25) is 0 Å². The van der Waals surface area contributed by atoms with E-state index in [2.05, 4.69) is 21.7 Å². The largest absolute Gasteiger partial charge is 0.394 e. The fraction of sp³-hybridized carbons (Fsp3) is 0.522. The van der Waals surface area contributed by atoms with E-state index in [1.165, 1.54) is 11.3 Å². The molecule has 0 radical (unpaired) electrons. The van der Waals surface area contributed by atoms with Gasteiger partial charge in [0.1, 0.15) is 5.82 Å². The van der Waals surface area contributed by atoms with Gasteiger partial charge in [0.25, 0.3) is 5.56 Å². The fourth-order valence-corrected chi connectivity index (χ4v) is 4.95. The Bertz CT molecular complexity index is 1050. The second kappa shape index (κ2) is 11.1. The summed E-state index contributed by atoms with van der Waals surface area (Å²) < 4.78 is 7.23. The van der Waals surface area contributed by atoms with Crippen LogP contribution in [0.1, 0.15) is 30.8 Å². The summed E-state index contributed by atoms with van der Waals surface area (Å²) in [7, 11) is 0. The number of aliphatic hydroxyl groups excluding tert-OH is 1. The highest BCUT2D eigenvalue weighted by atomic mass is 32.1. The summed E-state index contributed by atoms with van der Waals surface area (Å²) in [6.45, 7) is 8.35. The minimum atomic E-state index is -0.0618. The molecule has 32 heavy (non-hydrogen) atoms. The van der Waals surface area contributed by atoms with Crippen LogP contribution in [0.5, 0.6) is 0 Å². The Morgan fingerprint density at radius 3 is 2.66 bits per heavy atom. The number of aliphatic hydroxyl groups is 1. The first kappa shape index (κ1) is 23.0. The summed E-state index contributed by atoms with van der Waals surface area (Å²) in [6, 6.07) is 10.1. The van der Waals surface area contributed by atoms with Gasteiger partial charge in [-0.3, -0.25) is 19.2 Å². The minimum Gasteiger partial charge on any atom is -0.394 e. The van der Waals surface area contributed by atoms with Gasteiger partial charge in [-0.05, 0) is 12.0 Å². The Labute approximate surface area is 192 Å². The smallest absolute Gasteiger partial charge is 0.281 e. The zero-order valence-corrected chi connectivity index (χ0v) is 19.3. The van der Waals surface area contributed by atoms with Gasteiger partial charge in [-0.2, -0.15) is 0 Å². The van der Waals surface area contributed by atoms with E-state index < -0.39 is 0 Å². The number of ether oxygens (including phenoxy) is 1. The van der Waals surface area contributed by atoms with Crippen LogP contribution in [-0.2, 0) is 11.3 Å². The van der Waals surface area contributed by atoms with E-state index in [-0.39, 0.29) is 18.2 Å². The topological polar surface area (TPSA) is 83.7 Å². The van der Waals surface area contributed by atoms with Gasteiger partial charge in [-0.1, -0.05) is 37.3 Å². The van der Waals surface area contributed by atoms with Crippen molar-refractivity contribution in [2.75, 3.05) is 52.5 Å². The fourth-order valence-electron chi connectivity index (χ4n) is 4.30. The number of rotatable bonds is 10. The molecule has 1 saturated heterocycles. The van der Waals surface area contributed by atoms with Crippen LogP contribution in [0.15, 0.2) is 40.6 Å². The van der Waals surface area contributed by atoms with E-state index in [4.69, 9.17) is 14.8 Å². The number of hydrogen-bond acceptors (Lipinski definition) is 8. The molecule has 172 valence electrons. The molecular weight excluding hydrogens is 426 g/mol. The van der Waals surface area contributed by atoms with Gasteiger partial charge in [-0.15, -0.1) is 11.3 Å². The average Bonchev–Trinajstić information content (AvgIpc) is 3.30. The third-order valence-corrected chi connectivity index (χ3v) is 6.71. The number of aromatic nitrogens is 3. The van der Waals surface area contributed by atoms with E-state index in [9.17, 15) is 4.79 Å². The number of benzene rings is 1. The molecular formula is C23H31N5O3S. The van der Waals surface area contributed by atoms with Crippen LogP contribution in [0.3, 0.4) is 0 Å². The van der Waals surface area contributed by atoms with Crippen molar-refractivity contribution in [2.45, 2.75) is 25.9 Å². The third-order valence-electron chi connectivity index (χ3n) is 5.99. The molecule has 1 fully saturated rings. The normalized spacial score (nSPS) is 16.6. The van der Waals surface area contributed by atoms with E-state index in [0.29, 0.717) is 30.1 Å². The van der Waals surface area contributed by atoms with Crippen molar-refractivity contribution in [3.05, 3.63) is 57.6 Å². The van der Waals surface area contributed by atoms with Gasteiger partial charge in [0, 0.05) is 32.7 Å². The highest BCUT2D eigenvalue weighted by molar-refractivity contribution is 7.16. The monoisotopic (exact) mass is 457 g/mol. The SMILES string of the molecule is CCC(c1nc2scnc2c(=O)n1Cc1ccccc1)N1CCN(CCOCCO)CC1. The number of piperazine rings is 1. The maximum atomic E-state index is 13.4. The van der Waals surface area contributed by atoms with Crippen LogP contribution in [0.4, 0.5) is 0 Å². The average molecular weight is 458 g/mol. The van der Waals surface area contributed by atoms with Crippen LogP contribution in [0.25, 0.3) is 10.3 Å². The summed E-state index contributed by atoms with van der Waals surface area (Å²) in [6.07, 6.45) is 0.880. The lowest BCUT2D eigenvalue weighted by molar-refractivity contribution is 0.0460. The van der Waals surface area contributed by atoms with Crippen molar-refractivity contribution < 1.29 is 9.84 Å². The Hall–Kier alpha value is -2.17. The lowest BCUT2D eigenvalue weighted by Crippen LogP contribution is -2.49. The van der Waals surface area contributed by atoms with E-state index in [1.54, 1.807) is 5.51 Å². The molecule has 0 bridgehead atoms. The van der Waals surface area contributed by atoms with Gasteiger partial charge in [0.05, 0.1) is 37.9 Å². The van der Waals surface area contributed by atoms with Crippen LogP contribution in [0.2, 0.25) is 0 Å². The third kappa shape index (κ3) is 5.24. The summed E-state index contributed by atoms with van der Waals surface area (Å²) in [5.74, 6) is 0.831. The molecule has 0 spiro atoms. The lowest BCUT2D eigenvalue weighted by atomic mass is 10.1. The molecule has 0 amide bonds. The molecule has 8 nitrogen and oxygen atoms in total. The number of fused-ring (bicyclic) bond motifs is 1. The van der Waals surface area contributed by atoms with Crippen molar-refractivity contribution in [1.82, 2.24) is 24.3 Å². The molecule has 1 unspecified atom stereocenters. The van der Waals surface area contributed by atoms with Crippen molar-refractivity contribution in [3.63, 3.8) is 0 Å². The Morgan fingerprint density at radius 2 is 1.94 bits per heavy atom. The number of thiazole rings is 1. The Kier molecular flexibility index (Phi) is 7.99. The molecule has 3 aromatic rings. The second-order valence-corrected chi connectivity index (χ2v) is 8.82. The summed E-state index contributed by atoms with van der Waals surface area (Å²) >= 11 is 1.42. The molecule has 3 heterocycles. The molecule has 4 rings (SSSR count). The first-order chi connectivity index (χ1) is 15.7. The molecule has 0 saturated carbocycles. The number of hydrogen-bond donors (Lipinski definition) is 1. The van der Waals surface area contributed by atoms with E-state index in [0.717, 1.165) is 50.5 Å². The second-order valence-electron chi connectivity index (χ2n) is 7.99. The highest BCUT2D eigenvalue weighted by Gasteiger charge is 2.28. The maximum Gasteiger partial charge on any atom is 0.281 e. The molecule has 1 atom stereocenters. The van der Waals surface area contributed by atoms with Crippen molar-refractivity contribution in [2.24, 2.45) is 0 Å². The van der Waals surface area contributed by atoms with Crippen LogP contribution < -0.4 is 5.56 Å². The van der Waals surface area contributed by atoms with Crippen molar-refractivity contribution in [1.29, 1.82) is 0 Å². The van der Waals surface area contributed by atoms with Gasteiger partial charge >= 0.3 is 0 Å². The predicted octanol–water partition coefficient (Wildman–Crippen LogP) is 1.98. The first-order valence-corrected chi connectivity index (χ1v) is 12.1. The molecule has 1 aromatic carbocycles. The van der Waals surface area contributed by atoms with E-state index >= 15 is 0 Å². The maximum absolute atomic E-state index is 13.4. The molecule has 0 aliphatic carbocycles. The van der Waals surface area contributed by atoms with Crippen LogP contribution in [-0.4, -0.2) is 82.0 Å². The molecule has 9 heteroatoms. The number of nitrogens with zero attached hydrogens (tertiary/aromatic N) is 5. The Balaban J connectivity index is 1.56.